The van der Waals surface area contributed by atoms with Crippen LogP contribution in [0.2, 0.25) is 0 Å². The Kier molecular flexibility index (Phi) is 7.33. The summed E-state index contributed by atoms with van der Waals surface area (Å²) in [6.07, 6.45) is 0.153. The van der Waals surface area contributed by atoms with Crippen LogP contribution in [0.25, 0.3) is 16.4 Å². The number of rotatable bonds is 8. The first kappa shape index (κ1) is 23.9. The number of aryl methyl sites for hydroxylation is 2. The van der Waals surface area contributed by atoms with Crippen LogP contribution < -0.4 is 4.90 Å². The van der Waals surface area contributed by atoms with Gasteiger partial charge in [0.25, 0.3) is 11.7 Å². The summed E-state index contributed by atoms with van der Waals surface area (Å²) in [6, 6.07) is 20.9. The largest absolute Gasteiger partial charge is 0.450 e. The molecule has 2 aromatic heterocycles. The van der Waals surface area contributed by atoms with Crippen LogP contribution in [-0.2, 0) is 9.53 Å². The third kappa shape index (κ3) is 5.62. The van der Waals surface area contributed by atoms with Crippen LogP contribution in [0.4, 0.5) is 5.69 Å². The summed E-state index contributed by atoms with van der Waals surface area (Å²) in [5.41, 5.74) is 3.38. The molecule has 0 atom stereocenters. The van der Waals surface area contributed by atoms with Gasteiger partial charge in [0.2, 0.25) is 0 Å². The van der Waals surface area contributed by atoms with Crippen LogP contribution in [0, 0.1) is 25.2 Å². The summed E-state index contributed by atoms with van der Waals surface area (Å²) < 4.78 is 6.89. The van der Waals surface area contributed by atoms with Gasteiger partial charge >= 0.3 is 5.97 Å². The quantitative estimate of drug-likeness (QED) is 0.335. The van der Waals surface area contributed by atoms with Crippen molar-refractivity contribution in [2.75, 3.05) is 18.1 Å². The molecule has 4 rings (SSSR count). The number of ether oxygens (including phenoxy) is 1. The highest BCUT2D eigenvalue weighted by atomic mass is 32.1. The number of carbonyl (C=O) groups excluding carboxylic acids is 2. The molecule has 9 heteroatoms. The average molecular weight is 486 g/mol. The second kappa shape index (κ2) is 10.8. The Morgan fingerprint density at radius 3 is 2.49 bits per heavy atom. The van der Waals surface area contributed by atoms with Gasteiger partial charge in [-0.1, -0.05) is 30.3 Å². The topological polar surface area (TPSA) is 101 Å². The third-order valence-corrected chi connectivity index (χ3v) is 5.99. The lowest BCUT2D eigenvalue weighted by molar-refractivity contribution is -0.121. The Hall–Kier alpha value is -4.29. The Morgan fingerprint density at radius 1 is 1.09 bits per heavy atom. The summed E-state index contributed by atoms with van der Waals surface area (Å²) in [7, 11) is 0. The van der Waals surface area contributed by atoms with E-state index in [0.717, 1.165) is 21.7 Å². The molecule has 0 unspecified atom stereocenters. The molecule has 0 radical (unpaired) electrons. The predicted octanol–water partition coefficient (Wildman–Crippen LogP) is 4.72. The number of amides is 1. The molecule has 0 spiro atoms. The van der Waals surface area contributed by atoms with Crippen LogP contribution in [0.5, 0.6) is 0 Å². The van der Waals surface area contributed by atoms with E-state index >= 15 is 0 Å². The first-order valence-corrected chi connectivity index (χ1v) is 11.8. The summed E-state index contributed by atoms with van der Waals surface area (Å²) in [5, 5.41) is 15.3. The van der Waals surface area contributed by atoms with Gasteiger partial charge in [-0.25, -0.2) is 9.48 Å². The van der Waals surface area contributed by atoms with Crippen molar-refractivity contribution in [1.29, 1.82) is 5.26 Å². The molecule has 176 valence electrons. The molecule has 4 aromatic rings. The molecular weight excluding hydrogens is 462 g/mol. The fraction of sp³-hybridized carbons (Fsp3) is 0.192. The number of hydrogen-bond donors (Lipinski definition) is 0. The molecule has 0 aliphatic carbocycles. The number of esters is 1. The molecule has 0 aliphatic rings. The lowest BCUT2D eigenvalue weighted by Crippen LogP contribution is -2.35. The van der Waals surface area contributed by atoms with E-state index in [-0.39, 0.29) is 18.8 Å². The van der Waals surface area contributed by atoms with Gasteiger partial charge < -0.3 is 9.64 Å². The van der Waals surface area contributed by atoms with Crippen molar-refractivity contribution in [3.63, 3.8) is 0 Å². The number of thiophene rings is 1. The standard InChI is InChI=1S/C26H23N5O3S/c1-18-14-19(2)16-21(15-18)30(12-7-11-27)23(32)17-34-26(33)24-28-25(22-10-6-13-35-22)31(29-24)20-8-4-3-5-9-20/h3-6,8-10,13-16H,7,12,17H2,1-2H3. The number of anilines is 1. The summed E-state index contributed by atoms with van der Waals surface area (Å²) >= 11 is 1.48. The summed E-state index contributed by atoms with van der Waals surface area (Å²) in [6.45, 7) is 3.57. The number of aromatic nitrogens is 3. The van der Waals surface area contributed by atoms with Gasteiger partial charge in [0, 0.05) is 12.2 Å². The number of nitrogens with zero attached hydrogens (tertiary/aromatic N) is 5. The molecule has 0 bridgehead atoms. The maximum absolute atomic E-state index is 13.0. The van der Waals surface area contributed by atoms with Gasteiger partial charge in [-0.2, -0.15) is 10.2 Å². The number of nitriles is 1. The average Bonchev–Trinajstić information content (AvgIpc) is 3.53. The first-order chi connectivity index (χ1) is 17.0. The molecule has 0 N–H and O–H groups in total. The minimum Gasteiger partial charge on any atom is -0.450 e. The number of hydrogen-bond acceptors (Lipinski definition) is 7. The number of carbonyl (C=O) groups is 2. The van der Waals surface area contributed by atoms with Crippen molar-refractivity contribution >= 4 is 28.9 Å². The Morgan fingerprint density at radius 2 is 1.83 bits per heavy atom. The molecule has 0 fully saturated rings. The Labute approximate surface area is 207 Å². The third-order valence-electron chi connectivity index (χ3n) is 5.13. The van der Waals surface area contributed by atoms with Crippen LogP contribution in [-0.4, -0.2) is 39.8 Å². The normalized spacial score (nSPS) is 10.5. The molecule has 8 nitrogen and oxygen atoms in total. The lowest BCUT2D eigenvalue weighted by atomic mass is 10.1. The highest BCUT2D eigenvalue weighted by Crippen LogP contribution is 2.26. The zero-order valence-electron chi connectivity index (χ0n) is 19.3. The molecule has 1 amide bonds. The van der Waals surface area contributed by atoms with Crippen molar-refractivity contribution in [2.24, 2.45) is 0 Å². The van der Waals surface area contributed by atoms with E-state index in [1.54, 1.807) is 4.68 Å². The van der Waals surface area contributed by atoms with Gasteiger partial charge in [-0.15, -0.1) is 16.4 Å². The minimum atomic E-state index is -0.800. The first-order valence-electron chi connectivity index (χ1n) is 11.0. The van der Waals surface area contributed by atoms with Crippen molar-refractivity contribution in [2.45, 2.75) is 20.3 Å². The van der Waals surface area contributed by atoms with E-state index in [2.05, 4.69) is 16.2 Å². The maximum Gasteiger partial charge on any atom is 0.378 e. The molecule has 0 saturated carbocycles. The fourth-order valence-corrected chi connectivity index (χ4v) is 4.35. The van der Waals surface area contributed by atoms with E-state index in [1.807, 2.05) is 79.9 Å². The smallest absolute Gasteiger partial charge is 0.378 e. The highest BCUT2D eigenvalue weighted by molar-refractivity contribution is 7.13. The van der Waals surface area contributed by atoms with E-state index < -0.39 is 18.5 Å². The zero-order valence-corrected chi connectivity index (χ0v) is 20.2. The van der Waals surface area contributed by atoms with Crippen LogP contribution in [0.1, 0.15) is 28.2 Å². The predicted molar refractivity (Wildman–Crippen MR) is 133 cm³/mol. The second-order valence-corrected chi connectivity index (χ2v) is 8.81. The van der Waals surface area contributed by atoms with Crippen molar-refractivity contribution in [3.8, 4) is 22.5 Å². The maximum atomic E-state index is 13.0. The molecule has 2 aromatic carbocycles. The van der Waals surface area contributed by atoms with E-state index in [1.165, 1.54) is 16.2 Å². The highest BCUT2D eigenvalue weighted by Gasteiger charge is 2.23. The van der Waals surface area contributed by atoms with Crippen molar-refractivity contribution < 1.29 is 14.3 Å². The summed E-state index contributed by atoms with van der Waals surface area (Å²) in [4.78, 5) is 32.5. The van der Waals surface area contributed by atoms with Crippen molar-refractivity contribution in [3.05, 3.63) is 83.0 Å². The second-order valence-electron chi connectivity index (χ2n) is 7.86. The van der Waals surface area contributed by atoms with Gasteiger partial charge in [0.15, 0.2) is 12.4 Å². The number of para-hydroxylation sites is 1. The van der Waals surface area contributed by atoms with Gasteiger partial charge in [-0.05, 0) is 60.7 Å². The molecule has 35 heavy (non-hydrogen) atoms. The van der Waals surface area contributed by atoms with E-state index in [4.69, 9.17) is 10.00 Å². The van der Waals surface area contributed by atoms with E-state index in [9.17, 15) is 9.59 Å². The SMILES string of the molecule is Cc1cc(C)cc(N(CCC#N)C(=O)COC(=O)c2nc(-c3cccs3)n(-c3ccccc3)n2)c1. The summed E-state index contributed by atoms with van der Waals surface area (Å²) in [5.74, 6) is -0.860. The zero-order chi connectivity index (χ0) is 24.8. The van der Waals surface area contributed by atoms with Crippen molar-refractivity contribution in [1.82, 2.24) is 14.8 Å². The molecule has 2 heterocycles. The molecule has 0 saturated heterocycles. The molecular formula is C26H23N5O3S. The van der Waals surface area contributed by atoms with Crippen LogP contribution >= 0.6 is 11.3 Å². The monoisotopic (exact) mass is 485 g/mol. The lowest BCUT2D eigenvalue weighted by Gasteiger charge is -2.22. The Balaban J connectivity index is 1.54. The number of benzene rings is 2. The van der Waals surface area contributed by atoms with Crippen LogP contribution in [0.3, 0.4) is 0 Å². The Bertz CT molecular complexity index is 1350. The van der Waals surface area contributed by atoms with Gasteiger partial charge in [-0.3, -0.25) is 4.79 Å². The minimum absolute atomic E-state index is 0.139. The van der Waals surface area contributed by atoms with Gasteiger partial charge in [0.05, 0.1) is 23.1 Å². The molecule has 0 aliphatic heterocycles. The fourth-order valence-electron chi connectivity index (χ4n) is 3.65. The van der Waals surface area contributed by atoms with Gasteiger partial charge in [0.1, 0.15) is 0 Å². The van der Waals surface area contributed by atoms with E-state index in [0.29, 0.717) is 11.5 Å². The van der Waals surface area contributed by atoms with Crippen LogP contribution in [0.15, 0.2) is 66.0 Å².